The van der Waals surface area contributed by atoms with Crippen LogP contribution in [0.4, 0.5) is 0 Å². The predicted octanol–water partition coefficient (Wildman–Crippen LogP) is 3.89. The van der Waals surface area contributed by atoms with Gasteiger partial charge in [-0.05, 0) is 35.9 Å². The Morgan fingerprint density at radius 1 is 1.03 bits per heavy atom. The van der Waals surface area contributed by atoms with E-state index in [1.54, 1.807) is 42.7 Å². The summed E-state index contributed by atoms with van der Waals surface area (Å²) in [6.45, 7) is 0.0798. The summed E-state index contributed by atoms with van der Waals surface area (Å²) in [6.07, 6.45) is 3.23. The normalized spacial score (nSPS) is 17.9. The second-order valence-electron chi connectivity index (χ2n) is 7.59. The van der Waals surface area contributed by atoms with E-state index in [0.29, 0.717) is 16.8 Å². The zero-order valence-electron chi connectivity index (χ0n) is 16.9. The van der Waals surface area contributed by atoms with Crippen molar-refractivity contribution in [1.29, 1.82) is 0 Å². The molecule has 0 spiro atoms. The Labute approximate surface area is 183 Å². The van der Waals surface area contributed by atoms with Crippen LogP contribution >= 0.6 is 0 Å². The molecule has 0 bridgehead atoms. The van der Waals surface area contributed by atoms with Crippen LogP contribution in [-0.4, -0.2) is 36.8 Å². The van der Waals surface area contributed by atoms with Crippen LogP contribution in [0.3, 0.4) is 0 Å². The number of H-pyrrole nitrogens is 1. The number of nitrogens with zero attached hydrogens (tertiary/aromatic N) is 2. The van der Waals surface area contributed by atoms with Gasteiger partial charge in [0.25, 0.3) is 11.7 Å². The molecule has 1 aliphatic heterocycles. The summed E-state index contributed by atoms with van der Waals surface area (Å²) in [4.78, 5) is 34.9. The fraction of sp³-hybridized carbons (Fsp3) is 0.0800. The number of likely N-dealkylation sites (tertiary alicyclic amines) is 1. The lowest BCUT2D eigenvalue weighted by Crippen LogP contribution is -2.29. The molecule has 4 aromatic rings. The highest BCUT2D eigenvalue weighted by atomic mass is 16.3. The lowest BCUT2D eigenvalue weighted by molar-refractivity contribution is -0.140. The third kappa shape index (κ3) is 3.20. The summed E-state index contributed by atoms with van der Waals surface area (Å²) in [6, 6.07) is 18.2. The lowest BCUT2D eigenvalue weighted by Gasteiger charge is -2.25. The number of benzene rings is 2. The maximum Gasteiger partial charge on any atom is 0.296 e. The van der Waals surface area contributed by atoms with E-state index >= 15 is 0 Å². The number of para-hydroxylation sites is 1. The van der Waals surface area contributed by atoms with Crippen molar-refractivity contribution in [1.82, 2.24) is 14.9 Å². The Kier molecular flexibility index (Phi) is 4.71. The van der Waals surface area contributed by atoms with E-state index in [4.69, 9.17) is 0 Å². The summed E-state index contributed by atoms with van der Waals surface area (Å²) in [7, 11) is 0. The van der Waals surface area contributed by atoms with Gasteiger partial charge in [0.2, 0.25) is 0 Å². The maximum absolute atomic E-state index is 13.1. The summed E-state index contributed by atoms with van der Waals surface area (Å²) in [5.41, 5.74) is 2.32. The number of aromatic nitrogens is 2. The minimum atomic E-state index is -0.877. The Balaban J connectivity index is 1.70. The molecule has 2 aromatic carbocycles. The predicted molar refractivity (Wildman–Crippen MR) is 118 cm³/mol. The van der Waals surface area contributed by atoms with Crippen molar-refractivity contribution in [2.45, 2.75) is 12.6 Å². The zero-order valence-corrected chi connectivity index (χ0v) is 16.9. The van der Waals surface area contributed by atoms with Gasteiger partial charge in [-0.2, -0.15) is 0 Å². The number of aliphatic hydroxyl groups excluding tert-OH is 1. The van der Waals surface area contributed by atoms with Gasteiger partial charge in [0.05, 0.1) is 23.9 Å². The number of aromatic amines is 1. The van der Waals surface area contributed by atoms with Gasteiger partial charge in [0.15, 0.2) is 0 Å². The third-order valence-electron chi connectivity index (χ3n) is 5.63. The van der Waals surface area contributed by atoms with Crippen molar-refractivity contribution < 1.29 is 19.8 Å². The summed E-state index contributed by atoms with van der Waals surface area (Å²) >= 11 is 0. The molecule has 3 heterocycles. The molecule has 5 rings (SSSR count). The van der Waals surface area contributed by atoms with E-state index < -0.39 is 17.7 Å². The van der Waals surface area contributed by atoms with Gasteiger partial charge in [-0.25, -0.2) is 0 Å². The van der Waals surface area contributed by atoms with Gasteiger partial charge in [0, 0.05) is 28.9 Å². The van der Waals surface area contributed by atoms with Crippen molar-refractivity contribution in [2.24, 2.45) is 0 Å². The number of Topliss-reactive ketones (excluding diaryl/α,β-unsaturated/α-hetero) is 1. The quantitative estimate of drug-likeness (QED) is 0.261. The number of amides is 1. The molecular weight excluding hydrogens is 406 g/mol. The molecule has 1 saturated heterocycles. The minimum absolute atomic E-state index is 0.00184. The summed E-state index contributed by atoms with van der Waals surface area (Å²) < 4.78 is 0. The number of aromatic hydroxyl groups is 1. The molecular formula is C25H19N3O4. The fourth-order valence-corrected chi connectivity index (χ4v) is 4.16. The number of fused-ring (bicyclic) bond motifs is 1. The van der Waals surface area contributed by atoms with Crippen molar-refractivity contribution in [2.75, 3.05) is 0 Å². The minimum Gasteiger partial charge on any atom is -0.508 e. The Morgan fingerprint density at radius 3 is 2.62 bits per heavy atom. The average molecular weight is 425 g/mol. The Morgan fingerprint density at radius 2 is 1.84 bits per heavy atom. The fourth-order valence-electron chi connectivity index (χ4n) is 4.16. The van der Waals surface area contributed by atoms with Crippen molar-refractivity contribution in [3.05, 3.63) is 102 Å². The number of pyridine rings is 1. The molecule has 2 aromatic heterocycles. The smallest absolute Gasteiger partial charge is 0.296 e. The van der Waals surface area contributed by atoms with Crippen LogP contribution in [-0.2, 0) is 16.1 Å². The molecule has 1 unspecified atom stereocenters. The Hall–Kier alpha value is -4.39. The number of rotatable bonds is 4. The SMILES string of the molecule is O=C1C(=O)N(Cc2ccccn2)C(c2cccc(O)c2)/C1=C(/O)c1c[nH]c2ccccc12. The molecule has 1 fully saturated rings. The van der Waals surface area contributed by atoms with E-state index in [9.17, 15) is 19.8 Å². The molecule has 7 heteroatoms. The van der Waals surface area contributed by atoms with Crippen LogP contribution in [0.2, 0.25) is 0 Å². The van der Waals surface area contributed by atoms with Crippen LogP contribution < -0.4 is 0 Å². The highest BCUT2D eigenvalue weighted by Crippen LogP contribution is 2.41. The molecule has 0 radical (unpaired) electrons. The van der Waals surface area contributed by atoms with E-state index in [1.807, 2.05) is 24.3 Å². The molecule has 1 amide bonds. The van der Waals surface area contributed by atoms with Crippen LogP contribution in [0.15, 0.2) is 84.7 Å². The van der Waals surface area contributed by atoms with Gasteiger partial charge < -0.3 is 20.1 Å². The van der Waals surface area contributed by atoms with Gasteiger partial charge in [-0.15, -0.1) is 0 Å². The maximum atomic E-state index is 13.1. The number of ketones is 1. The number of phenolic OH excluding ortho intramolecular Hbond substituents is 1. The van der Waals surface area contributed by atoms with E-state index in [2.05, 4.69) is 9.97 Å². The van der Waals surface area contributed by atoms with E-state index in [0.717, 1.165) is 10.9 Å². The molecule has 158 valence electrons. The number of phenols is 1. The topological polar surface area (TPSA) is 107 Å². The highest BCUT2D eigenvalue weighted by Gasteiger charge is 2.46. The summed E-state index contributed by atoms with van der Waals surface area (Å²) in [5.74, 6) is -1.78. The highest BCUT2D eigenvalue weighted by molar-refractivity contribution is 6.46. The molecule has 32 heavy (non-hydrogen) atoms. The number of hydrogen-bond acceptors (Lipinski definition) is 5. The third-order valence-corrected chi connectivity index (χ3v) is 5.63. The number of carbonyl (C=O) groups excluding carboxylic acids is 2. The van der Waals surface area contributed by atoms with Gasteiger partial charge in [-0.1, -0.05) is 36.4 Å². The first-order chi connectivity index (χ1) is 15.5. The first kappa shape index (κ1) is 19.6. The number of hydrogen-bond donors (Lipinski definition) is 3. The van der Waals surface area contributed by atoms with E-state index in [1.165, 1.54) is 17.0 Å². The van der Waals surface area contributed by atoms with Crippen molar-refractivity contribution in [3.63, 3.8) is 0 Å². The molecule has 3 N–H and O–H groups in total. The molecule has 7 nitrogen and oxygen atoms in total. The first-order valence-corrected chi connectivity index (χ1v) is 10.1. The molecule has 0 aliphatic carbocycles. The molecule has 0 saturated carbocycles. The van der Waals surface area contributed by atoms with Gasteiger partial charge in [-0.3, -0.25) is 14.6 Å². The van der Waals surface area contributed by atoms with Gasteiger partial charge >= 0.3 is 0 Å². The lowest BCUT2D eigenvalue weighted by atomic mass is 9.95. The standard InChI is InChI=1S/C25H19N3O4/c29-17-8-5-6-15(12-17)22-21(23(30)19-13-27-20-10-2-1-9-18(19)20)24(31)25(32)28(22)14-16-7-3-4-11-26-16/h1-13,22,27,29-30H,14H2/b23-21-. The van der Waals surface area contributed by atoms with Crippen molar-refractivity contribution in [3.8, 4) is 5.75 Å². The van der Waals surface area contributed by atoms with Crippen LogP contribution in [0, 0.1) is 0 Å². The second-order valence-corrected chi connectivity index (χ2v) is 7.59. The van der Waals surface area contributed by atoms with Gasteiger partial charge in [0.1, 0.15) is 11.5 Å². The number of carbonyl (C=O) groups is 2. The van der Waals surface area contributed by atoms with Crippen LogP contribution in [0.5, 0.6) is 5.75 Å². The van der Waals surface area contributed by atoms with Crippen molar-refractivity contribution >= 4 is 28.4 Å². The Bertz CT molecular complexity index is 1370. The number of aliphatic hydroxyl groups is 1. The summed E-state index contributed by atoms with van der Waals surface area (Å²) in [5, 5.41) is 22.0. The first-order valence-electron chi connectivity index (χ1n) is 10.1. The second kappa shape index (κ2) is 7.70. The zero-order chi connectivity index (χ0) is 22.2. The van der Waals surface area contributed by atoms with Crippen LogP contribution in [0.25, 0.3) is 16.7 Å². The molecule has 1 atom stereocenters. The number of nitrogens with one attached hydrogen (secondary N) is 1. The average Bonchev–Trinajstić information content (AvgIpc) is 3.34. The van der Waals surface area contributed by atoms with E-state index in [-0.39, 0.29) is 23.6 Å². The molecule has 1 aliphatic rings. The van der Waals surface area contributed by atoms with Crippen LogP contribution in [0.1, 0.15) is 22.9 Å². The largest absolute Gasteiger partial charge is 0.508 e. The monoisotopic (exact) mass is 425 g/mol.